The molecular weight excluding hydrogens is 540 g/mol. The van der Waals surface area contributed by atoms with Crippen molar-refractivity contribution in [3.8, 4) is 44.5 Å². The number of hydrogen-bond acceptors (Lipinski definition) is 0. The van der Waals surface area contributed by atoms with Crippen LogP contribution in [-0.4, -0.2) is 0 Å². The van der Waals surface area contributed by atoms with Crippen LogP contribution in [0.3, 0.4) is 0 Å². The first-order valence-electron chi connectivity index (χ1n) is 15.9. The van der Waals surface area contributed by atoms with Crippen LogP contribution in [0, 0.1) is 0 Å². The molecule has 0 fully saturated rings. The molecule has 0 saturated heterocycles. The van der Waals surface area contributed by atoms with Gasteiger partial charge in [0.25, 0.3) is 0 Å². The summed E-state index contributed by atoms with van der Waals surface area (Å²) in [5, 5.41) is 7.78. The van der Waals surface area contributed by atoms with Crippen molar-refractivity contribution in [3.63, 3.8) is 0 Å². The summed E-state index contributed by atoms with van der Waals surface area (Å²) in [4.78, 5) is 0. The highest BCUT2D eigenvalue weighted by molar-refractivity contribution is 6.21. The summed E-state index contributed by atoms with van der Waals surface area (Å²) in [6.45, 7) is 4.77. The molecule has 0 saturated carbocycles. The highest BCUT2D eigenvalue weighted by atomic mass is 14.4. The maximum Gasteiger partial charge on any atom is 0.0159 e. The van der Waals surface area contributed by atoms with E-state index in [0.717, 1.165) is 0 Å². The zero-order chi connectivity index (χ0) is 30.1. The zero-order valence-corrected chi connectivity index (χ0v) is 25.5. The Kier molecular flexibility index (Phi) is 5.64. The number of rotatable bonds is 3. The van der Waals surface area contributed by atoms with Crippen LogP contribution in [0.15, 0.2) is 158 Å². The van der Waals surface area contributed by atoms with E-state index < -0.39 is 0 Å². The minimum atomic E-state index is -0.0892. The molecule has 0 aliphatic heterocycles. The third-order valence-corrected chi connectivity index (χ3v) is 10.0. The fraction of sp³-hybridized carbons (Fsp3) is 0.0667. The first-order valence-corrected chi connectivity index (χ1v) is 15.9. The predicted molar refractivity (Wildman–Crippen MR) is 193 cm³/mol. The molecule has 1 aliphatic rings. The van der Waals surface area contributed by atoms with Gasteiger partial charge in [0.2, 0.25) is 0 Å². The van der Waals surface area contributed by atoms with Crippen LogP contribution in [-0.2, 0) is 5.41 Å². The van der Waals surface area contributed by atoms with Crippen molar-refractivity contribution in [2.24, 2.45) is 0 Å². The Morgan fingerprint density at radius 1 is 0.333 bits per heavy atom. The Balaban J connectivity index is 1.30. The molecule has 0 amide bonds. The molecule has 1 aliphatic carbocycles. The molecule has 8 aromatic rings. The van der Waals surface area contributed by atoms with Gasteiger partial charge in [-0.05, 0) is 100 Å². The number of fused-ring (bicyclic) bond motifs is 7. The molecule has 9 rings (SSSR count). The summed E-state index contributed by atoms with van der Waals surface area (Å²) < 4.78 is 0. The van der Waals surface area contributed by atoms with E-state index in [9.17, 15) is 0 Å². The molecule has 0 nitrogen and oxygen atoms in total. The second-order valence-corrected chi connectivity index (χ2v) is 12.9. The van der Waals surface area contributed by atoms with Crippen LogP contribution in [0.5, 0.6) is 0 Å². The average molecular weight is 573 g/mol. The first kappa shape index (κ1) is 26.0. The summed E-state index contributed by atoms with van der Waals surface area (Å²) in [6.07, 6.45) is 0. The standard InChI is InChI=1S/C45H32/c1-45(2)40-26-24-30-15-6-7-18-34(30)44(40)39-25-23-33(28-41(39)45)43-37-21-10-8-19-35(37)42(36-20-9-11-22-38(36)43)32-17-12-16-31(27-32)29-13-4-3-5-14-29/h3-28H,1-2H3. The van der Waals surface area contributed by atoms with Gasteiger partial charge in [0, 0.05) is 5.41 Å². The van der Waals surface area contributed by atoms with E-state index in [1.165, 1.54) is 88.0 Å². The van der Waals surface area contributed by atoms with Crippen molar-refractivity contribution in [2.45, 2.75) is 19.3 Å². The molecule has 0 aromatic heterocycles. The average Bonchev–Trinajstić information content (AvgIpc) is 3.33. The van der Waals surface area contributed by atoms with Crippen molar-refractivity contribution in [2.75, 3.05) is 0 Å². The van der Waals surface area contributed by atoms with Gasteiger partial charge >= 0.3 is 0 Å². The van der Waals surface area contributed by atoms with E-state index in [1.54, 1.807) is 0 Å². The Hall–Kier alpha value is -5.46. The minimum Gasteiger partial charge on any atom is -0.0622 e. The topological polar surface area (TPSA) is 0 Å². The summed E-state index contributed by atoms with van der Waals surface area (Å²) in [7, 11) is 0. The molecule has 0 radical (unpaired) electrons. The Morgan fingerprint density at radius 3 is 1.53 bits per heavy atom. The van der Waals surface area contributed by atoms with E-state index in [4.69, 9.17) is 0 Å². The van der Waals surface area contributed by atoms with Gasteiger partial charge in [-0.2, -0.15) is 0 Å². The van der Waals surface area contributed by atoms with Gasteiger partial charge < -0.3 is 0 Å². The minimum absolute atomic E-state index is 0.0892. The Bertz CT molecular complexity index is 2390. The van der Waals surface area contributed by atoms with Crippen molar-refractivity contribution < 1.29 is 0 Å². The van der Waals surface area contributed by atoms with Gasteiger partial charge in [0.05, 0.1) is 0 Å². The van der Waals surface area contributed by atoms with E-state index in [0.29, 0.717) is 0 Å². The predicted octanol–water partition coefficient (Wildman–Crippen LogP) is 12.5. The van der Waals surface area contributed by atoms with Gasteiger partial charge in [0.15, 0.2) is 0 Å². The van der Waals surface area contributed by atoms with E-state index in [-0.39, 0.29) is 5.41 Å². The maximum atomic E-state index is 2.48. The van der Waals surface area contributed by atoms with Crippen molar-refractivity contribution >= 4 is 32.3 Å². The molecule has 0 heteroatoms. The van der Waals surface area contributed by atoms with Crippen molar-refractivity contribution in [3.05, 3.63) is 169 Å². The van der Waals surface area contributed by atoms with Crippen LogP contribution in [0.4, 0.5) is 0 Å². The molecule has 0 unspecified atom stereocenters. The van der Waals surface area contributed by atoms with Gasteiger partial charge in [-0.3, -0.25) is 0 Å². The van der Waals surface area contributed by atoms with Gasteiger partial charge in [-0.15, -0.1) is 0 Å². The monoisotopic (exact) mass is 572 g/mol. The molecule has 8 aromatic carbocycles. The number of benzene rings is 8. The quantitative estimate of drug-likeness (QED) is 0.185. The highest BCUT2D eigenvalue weighted by Crippen LogP contribution is 2.53. The second kappa shape index (κ2) is 9.78. The second-order valence-electron chi connectivity index (χ2n) is 12.9. The van der Waals surface area contributed by atoms with Crippen LogP contribution in [0.1, 0.15) is 25.0 Å². The Labute approximate surface area is 264 Å². The first-order chi connectivity index (χ1) is 22.1. The normalized spacial score (nSPS) is 13.3. The third-order valence-electron chi connectivity index (χ3n) is 10.0. The largest absolute Gasteiger partial charge is 0.0622 e. The lowest BCUT2D eigenvalue weighted by atomic mass is 9.80. The molecule has 0 bridgehead atoms. The van der Waals surface area contributed by atoms with Crippen LogP contribution in [0.2, 0.25) is 0 Å². The summed E-state index contributed by atoms with van der Waals surface area (Å²) in [5.74, 6) is 0. The van der Waals surface area contributed by atoms with Crippen LogP contribution in [0.25, 0.3) is 76.8 Å². The fourth-order valence-corrected chi connectivity index (χ4v) is 7.90. The van der Waals surface area contributed by atoms with Gasteiger partial charge in [0.1, 0.15) is 0 Å². The lowest BCUT2D eigenvalue weighted by Gasteiger charge is -2.23. The van der Waals surface area contributed by atoms with Crippen molar-refractivity contribution in [1.29, 1.82) is 0 Å². The maximum absolute atomic E-state index is 2.48. The lowest BCUT2D eigenvalue weighted by Crippen LogP contribution is -2.15. The van der Waals surface area contributed by atoms with E-state index >= 15 is 0 Å². The molecule has 0 heterocycles. The molecule has 0 spiro atoms. The number of hydrogen-bond donors (Lipinski definition) is 0. The Morgan fingerprint density at radius 2 is 0.867 bits per heavy atom. The summed E-state index contributed by atoms with van der Waals surface area (Å²) >= 11 is 0. The fourth-order valence-electron chi connectivity index (χ4n) is 7.90. The molecule has 45 heavy (non-hydrogen) atoms. The van der Waals surface area contributed by atoms with E-state index in [2.05, 4.69) is 172 Å². The van der Waals surface area contributed by atoms with Crippen LogP contribution < -0.4 is 0 Å². The molecule has 212 valence electrons. The molecule has 0 N–H and O–H groups in total. The highest BCUT2D eigenvalue weighted by Gasteiger charge is 2.36. The molecular formula is C45H32. The van der Waals surface area contributed by atoms with E-state index in [1.807, 2.05) is 0 Å². The SMILES string of the molecule is CC1(C)c2cc(-c3c4ccccc4c(-c4cccc(-c5ccccc5)c4)c4ccccc34)ccc2-c2c1ccc1ccccc21. The van der Waals surface area contributed by atoms with Crippen LogP contribution >= 0.6 is 0 Å². The van der Waals surface area contributed by atoms with Crippen molar-refractivity contribution in [1.82, 2.24) is 0 Å². The summed E-state index contributed by atoms with van der Waals surface area (Å²) in [6, 6.07) is 58.3. The summed E-state index contributed by atoms with van der Waals surface area (Å²) in [5.41, 5.74) is 13.1. The molecule has 0 atom stereocenters. The smallest absolute Gasteiger partial charge is 0.0159 e. The third kappa shape index (κ3) is 3.85. The van der Waals surface area contributed by atoms with Gasteiger partial charge in [-0.25, -0.2) is 0 Å². The van der Waals surface area contributed by atoms with Gasteiger partial charge in [-0.1, -0.05) is 159 Å². The lowest BCUT2D eigenvalue weighted by molar-refractivity contribution is 0.661. The zero-order valence-electron chi connectivity index (χ0n) is 25.5.